The smallest absolute Gasteiger partial charge is 0.253 e. The number of aryl methyl sites for hydroxylation is 2. The second-order valence-electron chi connectivity index (χ2n) is 15.6. The van der Waals surface area contributed by atoms with E-state index in [0.717, 1.165) is 132 Å². The molecule has 0 bridgehead atoms. The van der Waals surface area contributed by atoms with Crippen LogP contribution in [0.1, 0.15) is 80.0 Å². The first kappa shape index (κ1) is 33.4. The number of nitrogens with one attached hydrogen (secondary N) is 4. The maximum Gasteiger partial charge on any atom is 0.253 e. The molecule has 6 heterocycles. The van der Waals surface area contributed by atoms with E-state index < -0.39 is 0 Å². The molecule has 11 nitrogen and oxygen atoms in total. The lowest BCUT2D eigenvalue weighted by Crippen LogP contribution is -2.43. The average molecular weight is 745 g/mol. The fourth-order valence-corrected chi connectivity index (χ4v) is 9.06. The number of ether oxygens (including phenoxy) is 3. The largest absolute Gasteiger partial charge is 0.493 e. The number of amides is 2. The first-order valence-electron chi connectivity index (χ1n) is 18.8. The van der Waals surface area contributed by atoms with Gasteiger partial charge in [-0.3, -0.25) is 14.6 Å². The summed E-state index contributed by atoms with van der Waals surface area (Å²) < 4.78 is 16.4. The fourth-order valence-electron chi connectivity index (χ4n) is 8.91. The van der Waals surface area contributed by atoms with Gasteiger partial charge in [0.2, 0.25) is 0 Å². The number of pyridine rings is 2. The molecule has 11 rings (SSSR count). The normalized spacial score (nSPS) is 18.4. The monoisotopic (exact) mass is 744 g/mol. The van der Waals surface area contributed by atoms with Crippen molar-refractivity contribution >= 4 is 23.4 Å². The van der Waals surface area contributed by atoms with Crippen LogP contribution in [-0.2, 0) is 43.3 Å². The van der Waals surface area contributed by atoms with Gasteiger partial charge in [0.25, 0.3) is 11.8 Å². The van der Waals surface area contributed by atoms with Crippen molar-refractivity contribution < 1.29 is 23.8 Å². The Morgan fingerprint density at radius 1 is 0.722 bits per heavy atom. The Morgan fingerprint density at radius 2 is 1.31 bits per heavy atom. The Bertz CT molecular complexity index is 2390. The highest BCUT2D eigenvalue weighted by Gasteiger charge is 2.50. The molecule has 2 aliphatic heterocycles. The molecule has 4 aromatic heterocycles. The van der Waals surface area contributed by atoms with E-state index in [-0.39, 0.29) is 22.9 Å². The Kier molecular flexibility index (Phi) is 7.72. The summed E-state index contributed by atoms with van der Waals surface area (Å²) in [6.45, 7) is 0.970. The molecule has 12 heteroatoms. The summed E-state index contributed by atoms with van der Waals surface area (Å²) in [4.78, 5) is 41.4. The van der Waals surface area contributed by atoms with E-state index in [0.29, 0.717) is 29.9 Å². The van der Waals surface area contributed by atoms with Gasteiger partial charge in [0.05, 0.1) is 41.9 Å². The first-order valence-corrected chi connectivity index (χ1v) is 19.2. The molecule has 54 heavy (non-hydrogen) atoms. The zero-order valence-corrected chi connectivity index (χ0v) is 31.1. The van der Waals surface area contributed by atoms with Crippen molar-refractivity contribution in [3.8, 4) is 45.3 Å². The number of hydrogen-bond acceptors (Lipinski definition) is 7. The topological polar surface area (TPSA) is 143 Å². The molecule has 2 spiro atoms. The Labute approximate surface area is 317 Å². The van der Waals surface area contributed by atoms with Gasteiger partial charge in [-0.05, 0) is 104 Å². The van der Waals surface area contributed by atoms with Crippen LogP contribution >= 0.6 is 11.6 Å². The van der Waals surface area contributed by atoms with Crippen LogP contribution in [0.25, 0.3) is 33.8 Å². The third-order valence-electron chi connectivity index (χ3n) is 12.1. The van der Waals surface area contributed by atoms with Gasteiger partial charge in [-0.1, -0.05) is 11.6 Å². The lowest BCUT2D eigenvalue weighted by atomic mass is 9.87. The highest BCUT2D eigenvalue weighted by atomic mass is 35.5. The quantitative estimate of drug-likeness (QED) is 0.117. The minimum atomic E-state index is -0.00656. The second-order valence-corrected chi connectivity index (χ2v) is 16.0. The van der Waals surface area contributed by atoms with Crippen molar-refractivity contribution in [1.29, 1.82) is 0 Å². The van der Waals surface area contributed by atoms with E-state index >= 15 is 0 Å². The van der Waals surface area contributed by atoms with Crippen LogP contribution in [-0.4, -0.2) is 70.3 Å². The fraction of sp³-hybridized carbons (Fsp3) is 0.381. The predicted molar refractivity (Wildman–Crippen MR) is 204 cm³/mol. The molecular formula is C42H41ClN6O5. The average Bonchev–Trinajstić information content (AvgIpc) is 4.01. The van der Waals surface area contributed by atoms with Crippen LogP contribution in [0.2, 0.25) is 5.15 Å². The highest BCUT2D eigenvalue weighted by Crippen LogP contribution is 2.47. The standard InChI is InChI=1S/C26H27N3O4.C16H14ClN3O/c1-31-9-10-33-21-6-4-15(11-22(21)32-2)19-12-18-16(14-27-19)3-5-17-23-20(28-24(17)18)13-26(7-8-26)29-25(23)30;17-12-5-10-8(7-18-12)1-2-9-13-11(19-14(9)10)6-16(3-4-16)20-15(13)21/h4,6,11-12,14,28H,3,5,7-10,13H2,1-2H3,(H,29,30);5,7,19H,1-4,6H2,(H,20,21). The summed E-state index contributed by atoms with van der Waals surface area (Å²) in [6, 6.07) is 9.88. The molecule has 1 aromatic carbocycles. The van der Waals surface area contributed by atoms with Gasteiger partial charge in [0, 0.05) is 71.5 Å². The van der Waals surface area contributed by atoms with Crippen molar-refractivity contribution in [3.05, 3.63) is 92.6 Å². The lowest BCUT2D eigenvalue weighted by Gasteiger charge is -2.24. The van der Waals surface area contributed by atoms with Crippen LogP contribution in [0, 0.1) is 0 Å². The molecule has 0 atom stereocenters. The van der Waals surface area contributed by atoms with Crippen molar-refractivity contribution in [2.45, 2.75) is 75.3 Å². The number of halogens is 1. The molecule has 4 aliphatic carbocycles. The van der Waals surface area contributed by atoms with Gasteiger partial charge in [-0.15, -0.1) is 0 Å². The molecule has 276 valence electrons. The van der Waals surface area contributed by atoms with E-state index in [1.807, 2.05) is 36.7 Å². The maximum absolute atomic E-state index is 12.9. The van der Waals surface area contributed by atoms with Gasteiger partial charge < -0.3 is 34.8 Å². The minimum absolute atomic E-state index is 0.00656. The molecule has 2 amide bonds. The van der Waals surface area contributed by atoms with Crippen LogP contribution in [0.5, 0.6) is 11.5 Å². The van der Waals surface area contributed by atoms with Gasteiger partial charge >= 0.3 is 0 Å². The summed E-state index contributed by atoms with van der Waals surface area (Å²) in [5.74, 6) is 1.51. The molecule has 6 aliphatic rings. The molecule has 0 unspecified atom stereocenters. The van der Waals surface area contributed by atoms with Crippen molar-refractivity contribution in [2.75, 3.05) is 27.4 Å². The Hall–Kier alpha value is -5.13. The number of carbonyl (C=O) groups excluding carboxylic acids is 2. The molecule has 4 N–H and O–H groups in total. The zero-order valence-electron chi connectivity index (χ0n) is 30.3. The van der Waals surface area contributed by atoms with Crippen LogP contribution < -0.4 is 20.1 Å². The maximum atomic E-state index is 12.9. The number of benzene rings is 1. The lowest BCUT2D eigenvalue weighted by molar-refractivity contribution is 0.0908. The van der Waals surface area contributed by atoms with E-state index in [9.17, 15) is 9.59 Å². The molecule has 2 fully saturated rings. The van der Waals surface area contributed by atoms with Crippen LogP contribution in [0.15, 0.2) is 42.7 Å². The SMILES string of the molecule is COCCOc1ccc(-c2cc3c(cn2)CCc2c-3[nH]c3c2C(=O)NC2(CC2)C3)cc1OC.O=C1NC2(CC2)Cc2[nH]c3c(c21)CCc1cnc(Cl)cc1-3. The number of aromatic nitrogens is 4. The number of aromatic amines is 2. The molecular weight excluding hydrogens is 704 g/mol. The number of nitrogens with zero attached hydrogens (tertiary/aromatic N) is 2. The third kappa shape index (κ3) is 5.59. The second kappa shape index (κ2) is 12.5. The van der Waals surface area contributed by atoms with E-state index in [1.165, 1.54) is 11.1 Å². The molecule has 2 saturated carbocycles. The van der Waals surface area contributed by atoms with Gasteiger partial charge in [-0.25, -0.2) is 4.98 Å². The summed E-state index contributed by atoms with van der Waals surface area (Å²) >= 11 is 6.05. The number of H-pyrrole nitrogens is 2. The number of methoxy groups -OCH3 is 2. The number of rotatable bonds is 6. The number of fused-ring (bicyclic) bond motifs is 10. The van der Waals surface area contributed by atoms with Crippen molar-refractivity contribution in [1.82, 2.24) is 30.6 Å². The molecule has 5 aromatic rings. The van der Waals surface area contributed by atoms with Crippen molar-refractivity contribution in [2.24, 2.45) is 0 Å². The van der Waals surface area contributed by atoms with Crippen molar-refractivity contribution in [3.63, 3.8) is 0 Å². The van der Waals surface area contributed by atoms with Gasteiger partial charge in [0.15, 0.2) is 11.5 Å². The Morgan fingerprint density at radius 3 is 1.89 bits per heavy atom. The minimum Gasteiger partial charge on any atom is -0.493 e. The first-order chi connectivity index (χ1) is 26.3. The Balaban J connectivity index is 0.000000147. The third-order valence-corrected chi connectivity index (χ3v) is 12.3. The molecule has 0 radical (unpaired) electrons. The summed E-state index contributed by atoms with van der Waals surface area (Å²) in [6.07, 6.45) is 13.5. The zero-order chi connectivity index (χ0) is 36.8. The van der Waals surface area contributed by atoms with Crippen LogP contribution in [0.4, 0.5) is 0 Å². The number of hydrogen-bond donors (Lipinski definition) is 4. The van der Waals surface area contributed by atoms with E-state index in [2.05, 4.69) is 31.7 Å². The van der Waals surface area contributed by atoms with Gasteiger partial charge in [-0.2, -0.15) is 0 Å². The summed E-state index contributed by atoms with van der Waals surface area (Å²) in [5.41, 5.74) is 14.8. The van der Waals surface area contributed by atoms with E-state index in [4.69, 9.17) is 30.8 Å². The number of carbonyl (C=O) groups is 2. The predicted octanol–water partition coefficient (Wildman–Crippen LogP) is 6.34. The summed E-state index contributed by atoms with van der Waals surface area (Å²) in [5, 5.41) is 6.95. The van der Waals surface area contributed by atoms with Gasteiger partial charge in [0.1, 0.15) is 11.8 Å². The summed E-state index contributed by atoms with van der Waals surface area (Å²) in [7, 11) is 3.28. The van der Waals surface area contributed by atoms with Crippen LogP contribution in [0.3, 0.4) is 0 Å². The highest BCUT2D eigenvalue weighted by molar-refractivity contribution is 6.29. The molecule has 0 saturated heterocycles. The van der Waals surface area contributed by atoms with E-state index in [1.54, 1.807) is 14.2 Å².